The molecule has 1 saturated heterocycles. The summed E-state index contributed by atoms with van der Waals surface area (Å²) in [6, 6.07) is 19.7. The Kier molecular flexibility index (Phi) is 4.85. The highest BCUT2D eigenvalue weighted by atomic mass is 79.9. The maximum atomic E-state index is 12.3. The largest absolute Gasteiger partial charge is 0.300 e. The van der Waals surface area contributed by atoms with Crippen LogP contribution in [-0.4, -0.2) is 11.1 Å². The Morgan fingerprint density at radius 2 is 1.85 bits per heavy atom. The summed E-state index contributed by atoms with van der Waals surface area (Å²) < 4.78 is 0.877. The molecular formula is C20H12BrClN2OS. The molecule has 0 spiro atoms. The summed E-state index contributed by atoms with van der Waals surface area (Å²) in [4.78, 5) is 17.3. The molecule has 6 heteroatoms. The van der Waals surface area contributed by atoms with E-state index in [1.807, 2.05) is 36.4 Å². The van der Waals surface area contributed by atoms with Gasteiger partial charge in [0.2, 0.25) is 0 Å². The van der Waals surface area contributed by atoms with E-state index in [9.17, 15) is 4.79 Å². The van der Waals surface area contributed by atoms with E-state index in [0.29, 0.717) is 20.8 Å². The summed E-state index contributed by atoms with van der Waals surface area (Å²) >= 11 is 10.9. The minimum absolute atomic E-state index is 0.159. The van der Waals surface area contributed by atoms with Gasteiger partial charge < -0.3 is 5.32 Å². The zero-order valence-electron chi connectivity index (χ0n) is 13.4. The van der Waals surface area contributed by atoms with E-state index in [1.165, 1.54) is 17.1 Å². The van der Waals surface area contributed by atoms with Gasteiger partial charge in [-0.05, 0) is 58.4 Å². The fourth-order valence-electron chi connectivity index (χ4n) is 2.61. The van der Waals surface area contributed by atoms with E-state index in [0.717, 1.165) is 15.4 Å². The second kappa shape index (κ2) is 7.27. The molecule has 0 aromatic heterocycles. The fraction of sp³-hybridized carbons (Fsp3) is 0. The Bertz CT molecular complexity index is 1090. The number of carbonyl (C=O) groups excluding carboxylic acids is 1. The van der Waals surface area contributed by atoms with Crippen LogP contribution < -0.4 is 5.32 Å². The van der Waals surface area contributed by atoms with Crippen molar-refractivity contribution in [1.29, 1.82) is 0 Å². The first-order chi connectivity index (χ1) is 12.6. The molecule has 4 rings (SSSR count). The number of hydrogen-bond donors (Lipinski definition) is 1. The van der Waals surface area contributed by atoms with Crippen LogP contribution in [0, 0.1) is 0 Å². The highest BCUT2D eigenvalue weighted by molar-refractivity contribution is 9.10. The second-order valence-electron chi connectivity index (χ2n) is 5.68. The molecule has 3 aromatic carbocycles. The Balaban J connectivity index is 1.63. The van der Waals surface area contributed by atoms with Gasteiger partial charge in [0, 0.05) is 4.47 Å². The van der Waals surface area contributed by atoms with Crippen LogP contribution in [0.5, 0.6) is 0 Å². The topological polar surface area (TPSA) is 41.5 Å². The van der Waals surface area contributed by atoms with E-state index in [-0.39, 0.29) is 5.91 Å². The van der Waals surface area contributed by atoms with E-state index < -0.39 is 0 Å². The van der Waals surface area contributed by atoms with Gasteiger partial charge in [0.25, 0.3) is 5.91 Å². The molecule has 0 saturated carbocycles. The number of nitrogens with zero attached hydrogens (tertiary/aromatic N) is 1. The maximum Gasteiger partial charge on any atom is 0.264 e. The van der Waals surface area contributed by atoms with Gasteiger partial charge in [-0.25, -0.2) is 4.99 Å². The van der Waals surface area contributed by atoms with Gasteiger partial charge in [-0.15, -0.1) is 0 Å². The van der Waals surface area contributed by atoms with Gasteiger partial charge in [0.1, 0.15) is 0 Å². The molecule has 3 aromatic rings. The Labute approximate surface area is 168 Å². The van der Waals surface area contributed by atoms with Crippen LogP contribution in [-0.2, 0) is 4.79 Å². The zero-order valence-corrected chi connectivity index (χ0v) is 16.5. The SMILES string of the molecule is O=C1NC(=Nc2cc(Br)ccc2Cl)S/C1=C\c1ccc2ccccc2c1. The van der Waals surface area contributed by atoms with Gasteiger partial charge in [-0.2, -0.15) is 0 Å². The third-order valence-corrected chi connectivity index (χ3v) is 5.58. The third kappa shape index (κ3) is 3.70. The third-order valence-electron chi connectivity index (χ3n) is 3.85. The molecule has 1 aliphatic rings. The lowest BCUT2D eigenvalue weighted by molar-refractivity contribution is -0.115. The Hall–Kier alpha value is -2.08. The summed E-state index contributed by atoms with van der Waals surface area (Å²) in [7, 11) is 0. The van der Waals surface area contributed by atoms with Crippen LogP contribution in [0.2, 0.25) is 5.02 Å². The molecule has 1 fully saturated rings. The van der Waals surface area contributed by atoms with E-state index >= 15 is 0 Å². The molecule has 1 aliphatic heterocycles. The average molecular weight is 444 g/mol. The van der Waals surface area contributed by atoms with E-state index in [2.05, 4.69) is 50.5 Å². The Morgan fingerprint density at radius 1 is 1.04 bits per heavy atom. The number of amides is 1. The molecule has 0 atom stereocenters. The quantitative estimate of drug-likeness (QED) is 0.483. The monoisotopic (exact) mass is 442 g/mol. The van der Waals surface area contributed by atoms with Crippen molar-refractivity contribution in [2.75, 3.05) is 0 Å². The molecular weight excluding hydrogens is 432 g/mol. The number of carbonyl (C=O) groups is 1. The predicted octanol–water partition coefficient (Wildman–Crippen LogP) is 6.15. The van der Waals surface area contributed by atoms with Gasteiger partial charge in [-0.3, -0.25) is 4.79 Å². The highest BCUT2D eigenvalue weighted by Crippen LogP contribution is 2.32. The molecule has 1 N–H and O–H groups in total. The van der Waals surface area contributed by atoms with E-state index in [1.54, 1.807) is 6.07 Å². The van der Waals surface area contributed by atoms with Crippen molar-refractivity contribution >= 4 is 72.9 Å². The lowest BCUT2D eigenvalue weighted by Crippen LogP contribution is -2.19. The average Bonchev–Trinajstić information content (AvgIpc) is 2.97. The molecule has 26 heavy (non-hydrogen) atoms. The number of thioether (sulfide) groups is 1. The molecule has 128 valence electrons. The number of halogens is 2. The minimum Gasteiger partial charge on any atom is -0.300 e. The lowest BCUT2D eigenvalue weighted by Gasteiger charge is -2.00. The molecule has 3 nitrogen and oxygen atoms in total. The summed E-state index contributed by atoms with van der Waals surface area (Å²) in [5, 5.41) is 6.14. The molecule has 1 heterocycles. The summed E-state index contributed by atoms with van der Waals surface area (Å²) in [6.45, 7) is 0. The van der Waals surface area contributed by atoms with Gasteiger partial charge in [0.05, 0.1) is 15.6 Å². The van der Waals surface area contributed by atoms with Crippen molar-refractivity contribution in [2.45, 2.75) is 0 Å². The van der Waals surface area contributed by atoms with E-state index in [4.69, 9.17) is 11.6 Å². The van der Waals surface area contributed by atoms with Crippen molar-refractivity contribution in [2.24, 2.45) is 4.99 Å². The lowest BCUT2D eigenvalue weighted by atomic mass is 10.1. The molecule has 0 radical (unpaired) electrons. The molecule has 1 amide bonds. The maximum absolute atomic E-state index is 12.3. The molecule has 0 unspecified atom stereocenters. The number of fused-ring (bicyclic) bond motifs is 1. The molecule has 0 bridgehead atoms. The van der Waals surface area contributed by atoms with Gasteiger partial charge in [0.15, 0.2) is 5.17 Å². The number of amidine groups is 1. The smallest absolute Gasteiger partial charge is 0.264 e. The van der Waals surface area contributed by atoms with Crippen molar-refractivity contribution in [3.8, 4) is 0 Å². The number of aliphatic imine (C=N–C) groups is 1. The van der Waals surface area contributed by atoms with Crippen LogP contribution in [0.15, 0.2) is 75.0 Å². The van der Waals surface area contributed by atoms with Crippen molar-refractivity contribution < 1.29 is 4.79 Å². The summed E-state index contributed by atoms with van der Waals surface area (Å²) in [6.07, 6.45) is 1.87. The summed E-state index contributed by atoms with van der Waals surface area (Å²) in [5.74, 6) is -0.159. The zero-order chi connectivity index (χ0) is 18.1. The first-order valence-electron chi connectivity index (χ1n) is 7.82. The number of benzene rings is 3. The van der Waals surface area contributed by atoms with Crippen LogP contribution >= 0.6 is 39.3 Å². The summed E-state index contributed by atoms with van der Waals surface area (Å²) in [5.41, 5.74) is 1.58. The van der Waals surface area contributed by atoms with Crippen LogP contribution in [0.3, 0.4) is 0 Å². The van der Waals surface area contributed by atoms with Crippen LogP contribution in [0.4, 0.5) is 5.69 Å². The highest BCUT2D eigenvalue weighted by Gasteiger charge is 2.24. The van der Waals surface area contributed by atoms with Crippen LogP contribution in [0.25, 0.3) is 16.8 Å². The van der Waals surface area contributed by atoms with Gasteiger partial charge >= 0.3 is 0 Å². The predicted molar refractivity (Wildman–Crippen MR) is 114 cm³/mol. The normalized spacial score (nSPS) is 17.2. The van der Waals surface area contributed by atoms with Gasteiger partial charge in [-0.1, -0.05) is 63.9 Å². The standard InChI is InChI=1S/C20H12BrClN2OS/c21-15-7-8-16(22)17(11-15)23-20-24-19(25)18(26-20)10-12-5-6-13-3-1-2-4-14(13)9-12/h1-11H,(H,23,24,25)/b18-10-. The molecule has 0 aliphatic carbocycles. The van der Waals surface area contributed by atoms with Crippen molar-refractivity contribution in [3.05, 3.63) is 80.6 Å². The Morgan fingerprint density at radius 3 is 2.69 bits per heavy atom. The first-order valence-corrected chi connectivity index (χ1v) is 9.81. The number of nitrogens with one attached hydrogen (secondary N) is 1. The fourth-order valence-corrected chi connectivity index (χ4v) is 3.95. The van der Waals surface area contributed by atoms with Crippen LogP contribution in [0.1, 0.15) is 5.56 Å². The first kappa shape index (κ1) is 17.3. The second-order valence-corrected chi connectivity index (χ2v) is 8.04. The van der Waals surface area contributed by atoms with Crippen molar-refractivity contribution in [1.82, 2.24) is 5.32 Å². The number of hydrogen-bond acceptors (Lipinski definition) is 3. The number of rotatable bonds is 2. The minimum atomic E-state index is -0.159. The van der Waals surface area contributed by atoms with Crippen molar-refractivity contribution in [3.63, 3.8) is 0 Å².